The number of hydrogen-bond acceptors (Lipinski definition) is 5. The molecule has 5 aromatic rings. The van der Waals surface area contributed by atoms with Gasteiger partial charge in [0.05, 0.1) is 21.3 Å². The van der Waals surface area contributed by atoms with Crippen LogP contribution in [-0.2, 0) is 10.0 Å². The van der Waals surface area contributed by atoms with Crippen molar-refractivity contribution < 1.29 is 8.42 Å². The number of hydrogen-bond donors (Lipinski definition) is 1. The smallest absolute Gasteiger partial charge is 0.243 e. The fourth-order valence-corrected chi connectivity index (χ4v) is 7.26. The molecule has 1 fully saturated rings. The second kappa shape index (κ2) is 11.3. The zero-order chi connectivity index (χ0) is 27.7. The molecule has 0 saturated carbocycles. The van der Waals surface area contributed by atoms with Crippen molar-refractivity contribution in [3.8, 4) is 22.4 Å². The van der Waals surface area contributed by atoms with E-state index in [9.17, 15) is 8.42 Å². The summed E-state index contributed by atoms with van der Waals surface area (Å²) in [4.78, 5) is 5.09. The standard InChI is InChI=1S/C30H27BrClN5O2S/c31-26-19-34-37-29(17-28(35-30(26)37)25-10-4-5-11-27(25)32)33-18-21-7-6-16-36(20-21)40(38,39)24-14-12-23(13-15-24)22-8-2-1-3-9-22/h1-5,8-15,17,19,21,33H,6-7,16,18,20H2. The van der Waals surface area contributed by atoms with E-state index in [4.69, 9.17) is 16.6 Å². The number of piperidine rings is 1. The Bertz CT molecular complexity index is 1760. The minimum absolute atomic E-state index is 0.137. The number of fused-ring (bicyclic) bond motifs is 1. The van der Waals surface area contributed by atoms with Gasteiger partial charge < -0.3 is 5.32 Å². The summed E-state index contributed by atoms with van der Waals surface area (Å²) in [5, 5.41) is 8.60. The summed E-state index contributed by atoms with van der Waals surface area (Å²) in [7, 11) is -3.60. The largest absolute Gasteiger partial charge is 0.370 e. The van der Waals surface area contributed by atoms with Gasteiger partial charge in [-0.3, -0.25) is 0 Å². The second-order valence-corrected chi connectivity index (χ2v) is 13.1. The van der Waals surface area contributed by atoms with Crippen LogP contribution in [0.25, 0.3) is 28.0 Å². The normalized spacial score (nSPS) is 16.3. The molecule has 3 aromatic carbocycles. The lowest BCUT2D eigenvalue weighted by Gasteiger charge is -2.32. The predicted octanol–water partition coefficient (Wildman–Crippen LogP) is 6.99. The Morgan fingerprint density at radius 1 is 0.975 bits per heavy atom. The van der Waals surface area contributed by atoms with Crippen LogP contribution in [0.2, 0.25) is 5.02 Å². The summed E-state index contributed by atoms with van der Waals surface area (Å²) in [6, 6.07) is 26.6. The fraction of sp³-hybridized carbons (Fsp3) is 0.200. The summed E-state index contributed by atoms with van der Waals surface area (Å²) in [5.74, 6) is 0.903. The van der Waals surface area contributed by atoms with Gasteiger partial charge in [0.1, 0.15) is 5.82 Å². The Hall–Kier alpha value is -3.24. The second-order valence-electron chi connectivity index (χ2n) is 9.88. The van der Waals surface area contributed by atoms with Gasteiger partial charge in [0.25, 0.3) is 0 Å². The van der Waals surface area contributed by atoms with Crippen molar-refractivity contribution >= 4 is 49.0 Å². The van der Waals surface area contributed by atoms with Gasteiger partial charge in [-0.2, -0.15) is 13.9 Å². The van der Waals surface area contributed by atoms with Crippen LogP contribution in [0, 0.1) is 5.92 Å². The number of sulfonamides is 1. The summed E-state index contributed by atoms with van der Waals surface area (Å²) < 4.78 is 31.2. The van der Waals surface area contributed by atoms with Gasteiger partial charge in [0.2, 0.25) is 10.0 Å². The molecule has 3 heterocycles. The number of rotatable bonds is 7. The molecule has 1 aliphatic heterocycles. The minimum atomic E-state index is -3.60. The molecule has 1 saturated heterocycles. The van der Waals surface area contributed by atoms with Crippen molar-refractivity contribution in [2.24, 2.45) is 5.92 Å². The van der Waals surface area contributed by atoms with E-state index >= 15 is 0 Å². The van der Waals surface area contributed by atoms with E-state index in [1.807, 2.05) is 72.8 Å². The summed E-state index contributed by atoms with van der Waals surface area (Å²) in [5.41, 5.74) is 4.28. The first kappa shape index (κ1) is 27.0. The van der Waals surface area contributed by atoms with E-state index in [0.717, 1.165) is 45.5 Å². The summed E-state index contributed by atoms with van der Waals surface area (Å²) >= 11 is 10.0. The van der Waals surface area contributed by atoms with Crippen LogP contribution in [-0.4, -0.2) is 47.0 Å². The Labute approximate surface area is 247 Å². The molecule has 1 N–H and O–H groups in total. The van der Waals surface area contributed by atoms with Gasteiger partial charge >= 0.3 is 0 Å². The molecule has 0 bridgehead atoms. The van der Waals surface area contributed by atoms with Crippen molar-refractivity contribution in [1.82, 2.24) is 18.9 Å². The van der Waals surface area contributed by atoms with Crippen molar-refractivity contribution in [3.05, 3.63) is 101 Å². The summed E-state index contributed by atoms with van der Waals surface area (Å²) in [6.45, 7) is 1.56. The Kier molecular flexibility index (Phi) is 7.63. The number of nitrogens with zero attached hydrogens (tertiary/aromatic N) is 4. The molecule has 204 valence electrons. The molecule has 0 aliphatic carbocycles. The molecule has 7 nitrogen and oxygen atoms in total. The first-order valence-electron chi connectivity index (χ1n) is 13.1. The van der Waals surface area contributed by atoms with Crippen molar-refractivity contribution in [1.29, 1.82) is 0 Å². The average Bonchev–Trinajstić information content (AvgIpc) is 3.37. The average molecular weight is 637 g/mol. The zero-order valence-electron chi connectivity index (χ0n) is 21.5. The molecule has 0 amide bonds. The number of aromatic nitrogens is 3. The van der Waals surface area contributed by atoms with Gasteiger partial charge in [-0.05, 0) is 64.0 Å². The third kappa shape index (κ3) is 5.39. The first-order chi connectivity index (χ1) is 19.4. The van der Waals surface area contributed by atoms with Crippen molar-refractivity contribution in [2.45, 2.75) is 17.7 Å². The third-order valence-corrected chi connectivity index (χ3v) is 10.00. The first-order valence-corrected chi connectivity index (χ1v) is 15.7. The quantitative estimate of drug-likeness (QED) is 0.208. The van der Waals surface area contributed by atoms with Gasteiger partial charge in [-0.15, -0.1) is 0 Å². The van der Waals surface area contributed by atoms with E-state index in [0.29, 0.717) is 35.2 Å². The topological polar surface area (TPSA) is 79.6 Å². The van der Waals surface area contributed by atoms with E-state index in [1.165, 1.54) is 0 Å². The van der Waals surface area contributed by atoms with Crippen molar-refractivity contribution in [2.75, 3.05) is 25.0 Å². The highest BCUT2D eigenvalue weighted by Crippen LogP contribution is 2.31. The third-order valence-electron chi connectivity index (χ3n) is 7.23. The molecule has 1 atom stereocenters. The van der Waals surface area contributed by atoms with Crippen LogP contribution >= 0.6 is 27.5 Å². The van der Waals surface area contributed by atoms with Crippen LogP contribution in [0.1, 0.15) is 12.8 Å². The van der Waals surface area contributed by atoms with Crippen LogP contribution in [0.5, 0.6) is 0 Å². The molecule has 10 heteroatoms. The Balaban J connectivity index is 1.19. The fourth-order valence-electron chi connectivity index (χ4n) is 5.13. The van der Waals surface area contributed by atoms with Gasteiger partial charge in [0.15, 0.2) is 5.65 Å². The molecule has 0 spiro atoms. The maximum Gasteiger partial charge on any atom is 0.243 e. The van der Waals surface area contributed by atoms with Gasteiger partial charge in [0, 0.05) is 36.3 Å². The molecule has 2 aromatic heterocycles. The van der Waals surface area contributed by atoms with E-state index < -0.39 is 10.0 Å². The van der Waals surface area contributed by atoms with Crippen LogP contribution in [0.15, 0.2) is 100 Å². The number of anilines is 1. The predicted molar refractivity (Wildman–Crippen MR) is 163 cm³/mol. The zero-order valence-corrected chi connectivity index (χ0v) is 24.7. The SMILES string of the molecule is O=S(=O)(c1ccc(-c2ccccc2)cc1)N1CCCC(CNc2cc(-c3ccccc3Cl)nc3c(Br)cnn23)C1. The van der Waals surface area contributed by atoms with Crippen LogP contribution in [0.3, 0.4) is 0 Å². The molecular weight excluding hydrogens is 610 g/mol. The lowest BCUT2D eigenvalue weighted by molar-refractivity contribution is 0.275. The lowest BCUT2D eigenvalue weighted by Crippen LogP contribution is -2.41. The molecular formula is C30H27BrClN5O2S. The van der Waals surface area contributed by atoms with Crippen LogP contribution in [0.4, 0.5) is 5.82 Å². The number of halogens is 2. The van der Waals surface area contributed by atoms with Crippen LogP contribution < -0.4 is 5.32 Å². The molecule has 6 rings (SSSR count). The summed E-state index contributed by atoms with van der Waals surface area (Å²) in [6.07, 6.45) is 3.44. The van der Waals surface area contributed by atoms with E-state index in [1.54, 1.807) is 27.2 Å². The Morgan fingerprint density at radius 3 is 2.48 bits per heavy atom. The minimum Gasteiger partial charge on any atom is -0.370 e. The highest BCUT2D eigenvalue weighted by molar-refractivity contribution is 9.10. The number of nitrogens with one attached hydrogen (secondary N) is 1. The molecule has 1 unspecified atom stereocenters. The van der Waals surface area contributed by atoms with Gasteiger partial charge in [-0.25, -0.2) is 13.4 Å². The number of benzene rings is 3. The highest BCUT2D eigenvalue weighted by atomic mass is 79.9. The maximum absolute atomic E-state index is 13.5. The monoisotopic (exact) mass is 635 g/mol. The highest BCUT2D eigenvalue weighted by Gasteiger charge is 2.30. The van der Waals surface area contributed by atoms with Crippen molar-refractivity contribution in [3.63, 3.8) is 0 Å². The molecule has 1 aliphatic rings. The molecule has 0 radical (unpaired) electrons. The van der Waals surface area contributed by atoms with E-state index in [2.05, 4.69) is 26.3 Å². The van der Waals surface area contributed by atoms with Gasteiger partial charge in [-0.1, -0.05) is 72.3 Å². The lowest BCUT2D eigenvalue weighted by atomic mass is 10.00. The molecule has 40 heavy (non-hydrogen) atoms. The maximum atomic E-state index is 13.5. The Morgan fingerprint density at radius 2 is 1.70 bits per heavy atom. The van der Waals surface area contributed by atoms with E-state index in [-0.39, 0.29) is 5.92 Å².